The van der Waals surface area contributed by atoms with Crippen LogP contribution in [0.3, 0.4) is 0 Å². The van der Waals surface area contributed by atoms with E-state index in [1.54, 1.807) is 25.6 Å². The maximum atomic E-state index is 7.43. The van der Waals surface area contributed by atoms with Crippen molar-refractivity contribution in [1.29, 1.82) is 0 Å². The van der Waals surface area contributed by atoms with Crippen molar-refractivity contribution in [2.24, 2.45) is 0 Å². The molecule has 0 saturated carbocycles. The van der Waals surface area contributed by atoms with Crippen molar-refractivity contribution in [3.63, 3.8) is 0 Å². The fourth-order valence-corrected chi connectivity index (χ4v) is 11.4. The van der Waals surface area contributed by atoms with Crippen molar-refractivity contribution in [1.82, 2.24) is 9.97 Å². The Morgan fingerprint density at radius 3 is 2.06 bits per heavy atom. The Morgan fingerprint density at radius 1 is 0.830 bits per heavy atom. The van der Waals surface area contributed by atoms with E-state index in [9.17, 15) is 0 Å². The van der Waals surface area contributed by atoms with E-state index in [0.29, 0.717) is 33.7 Å². The van der Waals surface area contributed by atoms with Crippen LogP contribution >= 0.6 is 11.6 Å². The van der Waals surface area contributed by atoms with Gasteiger partial charge in [-0.15, -0.1) is 0 Å². The minimum absolute atomic E-state index is 0.241. The van der Waals surface area contributed by atoms with Crippen molar-refractivity contribution >= 4 is 53.2 Å². The van der Waals surface area contributed by atoms with Gasteiger partial charge >= 0.3 is 8.32 Å². The van der Waals surface area contributed by atoms with Crippen molar-refractivity contribution in [2.75, 3.05) is 18.2 Å². The van der Waals surface area contributed by atoms with Gasteiger partial charge in [0.1, 0.15) is 5.75 Å². The molecule has 5 aromatic rings. The highest BCUT2D eigenvalue weighted by Gasteiger charge is 2.52. The van der Waals surface area contributed by atoms with Crippen LogP contribution in [0.25, 0.3) is 16.7 Å². The van der Waals surface area contributed by atoms with Crippen LogP contribution in [0.1, 0.15) is 52.0 Å². The molecule has 1 aromatic heterocycles. The Balaban J connectivity index is 1.54. The molecule has 3 N–H and O–H groups in total. The van der Waals surface area contributed by atoms with Gasteiger partial charge in [-0.1, -0.05) is 105 Å². The first-order chi connectivity index (χ1) is 22.7. The van der Waals surface area contributed by atoms with Gasteiger partial charge in [0.25, 0.3) is 0 Å². The highest BCUT2D eigenvalue weighted by molar-refractivity contribution is 7.00. The summed E-state index contributed by atoms with van der Waals surface area (Å²) in [6.07, 6.45) is 9.98. The Hall–Kier alpha value is -4.59. The molecular formula is C39H41ClN4O2Si. The fraction of sp³-hybridized carbons (Fsp3) is 0.231. The summed E-state index contributed by atoms with van der Waals surface area (Å²) < 4.78 is 13.4. The zero-order valence-electron chi connectivity index (χ0n) is 27.4. The number of allylic oxidation sites excluding steroid dienone is 2. The van der Waals surface area contributed by atoms with E-state index in [1.807, 2.05) is 36.4 Å². The molecule has 8 heteroatoms. The largest absolute Gasteiger partial charge is 0.531 e. The normalized spacial score (nSPS) is 13.5. The van der Waals surface area contributed by atoms with Crippen molar-refractivity contribution in [3.8, 4) is 22.6 Å². The van der Waals surface area contributed by atoms with Gasteiger partial charge in [-0.3, -0.25) is 0 Å². The topological polar surface area (TPSA) is 82.3 Å². The Bertz CT molecular complexity index is 1840. The number of nitrogens with zero attached hydrogens (tertiary/aromatic N) is 2. The van der Waals surface area contributed by atoms with Gasteiger partial charge in [0.05, 0.1) is 23.5 Å². The fourth-order valence-electron chi connectivity index (χ4n) is 6.64. The highest BCUT2D eigenvalue weighted by Crippen LogP contribution is 2.47. The molecule has 0 atom stereocenters. The molecule has 0 aliphatic heterocycles. The Labute approximate surface area is 283 Å². The van der Waals surface area contributed by atoms with Gasteiger partial charge < -0.3 is 20.2 Å². The molecule has 0 saturated heterocycles. The molecule has 47 heavy (non-hydrogen) atoms. The molecule has 240 valence electrons. The summed E-state index contributed by atoms with van der Waals surface area (Å²) in [6.45, 7) is 6.77. The smallest absolute Gasteiger partial charge is 0.320 e. The number of ether oxygens (including phenoxy) is 1. The molecule has 0 bridgehead atoms. The number of aromatic nitrogens is 2. The first kappa shape index (κ1) is 32.4. The number of anilines is 3. The summed E-state index contributed by atoms with van der Waals surface area (Å²) in [6, 6.07) is 30.9. The molecule has 0 fully saturated rings. The van der Waals surface area contributed by atoms with Crippen LogP contribution in [0.2, 0.25) is 10.1 Å². The maximum Gasteiger partial charge on any atom is 0.320 e. The van der Waals surface area contributed by atoms with Gasteiger partial charge in [-0.2, -0.15) is 0 Å². The molecule has 0 unspecified atom stereocenters. The molecule has 0 amide bonds. The minimum Gasteiger partial charge on any atom is -0.531 e. The number of hydrogen-bond donors (Lipinski definition) is 2. The zero-order chi connectivity index (χ0) is 33.0. The molecule has 0 radical (unpaired) electrons. The molecular weight excluding hydrogens is 620 g/mol. The van der Waals surface area contributed by atoms with E-state index in [2.05, 4.69) is 90.7 Å². The molecule has 6 rings (SSSR count). The second-order valence-corrected chi connectivity index (χ2v) is 17.5. The summed E-state index contributed by atoms with van der Waals surface area (Å²) in [5.41, 5.74) is 12.1. The van der Waals surface area contributed by atoms with Crippen LogP contribution in [-0.2, 0) is 0 Å². The number of benzene rings is 4. The van der Waals surface area contributed by atoms with Gasteiger partial charge in [0.2, 0.25) is 5.95 Å². The van der Waals surface area contributed by atoms with Gasteiger partial charge in [0.15, 0.2) is 5.75 Å². The number of halogens is 1. The van der Waals surface area contributed by atoms with E-state index >= 15 is 0 Å². The number of nitrogens with two attached hydrogens (primary N) is 1. The lowest BCUT2D eigenvalue weighted by atomic mass is 9.90. The van der Waals surface area contributed by atoms with Gasteiger partial charge in [-0.25, -0.2) is 9.97 Å². The van der Waals surface area contributed by atoms with Crippen LogP contribution < -0.4 is 30.6 Å². The van der Waals surface area contributed by atoms with Crippen LogP contribution in [-0.4, -0.2) is 25.4 Å². The van der Waals surface area contributed by atoms with Gasteiger partial charge in [-0.05, 0) is 76.5 Å². The lowest BCUT2D eigenvalue weighted by molar-refractivity contribution is 0.388. The van der Waals surface area contributed by atoms with E-state index in [4.69, 9.17) is 26.5 Å². The zero-order valence-corrected chi connectivity index (χ0v) is 29.1. The number of rotatable bonds is 9. The molecule has 1 aliphatic carbocycles. The maximum absolute atomic E-state index is 7.43. The van der Waals surface area contributed by atoms with Gasteiger partial charge in [0, 0.05) is 23.5 Å². The second-order valence-electron chi connectivity index (χ2n) is 12.9. The lowest BCUT2D eigenvalue weighted by Gasteiger charge is -2.43. The average molecular weight is 661 g/mol. The highest BCUT2D eigenvalue weighted by atomic mass is 35.5. The SMILES string of the molecule is COc1ccc(-c2c(Cl)cc(C3=CCCCC3)c(Nc3ncccn3)c2N)cc1O[Si](c1ccccc1)(c1ccccc1)C(C)(C)C. The third-order valence-electron chi connectivity index (χ3n) is 8.89. The molecule has 6 nitrogen and oxygen atoms in total. The lowest BCUT2D eigenvalue weighted by Crippen LogP contribution is -2.68. The van der Waals surface area contributed by atoms with Crippen LogP contribution in [0.5, 0.6) is 11.5 Å². The summed E-state index contributed by atoms with van der Waals surface area (Å²) in [4.78, 5) is 8.84. The molecule has 4 aromatic carbocycles. The van der Waals surface area contributed by atoms with E-state index in [-0.39, 0.29) is 5.04 Å². The molecule has 1 aliphatic rings. The van der Waals surface area contributed by atoms with Crippen LogP contribution in [0.4, 0.5) is 17.3 Å². The first-order valence-corrected chi connectivity index (χ1v) is 18.4. The molecule has 1 heterocycles. The van der Waals surface area contributed by atoms with Crippen molar-refractivity contribution in [2.45, 2.75) is 51.5 Å². The number of hydrogen-bond acceptors (Lipinski definition) is 6. The number of nitrogens with one attached hydrogen (secondary N) is 1. The van der Waals surface area contributed by atoms with Crippen molar-refractivity contribution < 1.29 is 9.16 Å². The third-order valence-corrected chi connectivity index (χ3v) is 14.1. The Morgan fingerprint density at radius 2 is 1.49 bits per heavy atom. The average Bonchev–Trinajstić information content (AvgIpc) is 3.09. The summed E-state index contributed by atoms with van der Waals surface area (Å²) >= 11 is 7.16. The number of nitrogen functional groups attached to an aromatic ring is 1. The predicted octanol–water partition coefficient (Wildman–Crippen LogP) is 9.03. The monoisotopic (exact) mass is 660 g/mol. The summed E-state index contributed by atoms with van der Waals surface area (Å²) in [7, 11) is -1.29. The van der Waals surface area contributed by atoms with Crippen LogP contribution in [0, 0.1) is 0 Å². The molecule has 0 spiro atoms. The Kier molecular flexibility index (Phi) is 9.39. The predicted molar refractivity (Wildman–Crippen MR) is 198 cm³/mol. The third kappa shape index (κ3) is 6.38. The second kappa shape index (κ2) is 13.6. The van der Waals surface area contributed by atoms with Crippen molar-refractivity contribution in [3.05, 3.63) is 120 Å². The first-order valence-electron chi connectivity index (χ1n) is 16.1. The quantitative estimate of drug-likeness (QED) is 0.121. The standard InChI is InChI=1S/C39H41ClN4O2Si/c1-39(2,3)47(29-17-10-6-11-18-29,30-19-12-7-13-20-30)46-34-25-28(21-22-33(34)45-4)35-32(40)26-31(27-15-8-5-9-16-27)37(36(35)41)44-38-42-23-14-24-43-38/h6-7,10-15,17-26H,5,8-9,16,41H2,1-4H3,(H,42,43,44). The summed E-state index contributed by atoms with van der Waals surface area (Å²) in [5, 5.41) is 6.08. The number of methoxy groups -OCH3 is 1. The van der Waals surface area contributed by atoms with Crippen LogP contribution in [0.15, 0.2) is 109 Å². The summed E-state index contributed by atoms with van der Waals surface area (Å²) in [5.74, 6) is 1.74. The minimum atomic E-state index is -2.96. The van der Waals surface area contributed by atoms with E-state index in [1.165, 1.54) is 22.4 Å². The van der Waals surface area contributed by atoms with E-state index in [0.717, 1.165) is 36.1 Å². The van der Waals surface area contributed by atoms with E-state index < -0.39 is 8.32 Å².